The Bertz CT molecular complexity index is 612. The first kappa shape index (κ1) is 15.5. The van der Waals surface area contributed by atoms with E-state index in [-0.39, 0.29) is 11.0 Å². The third-order valence-corrected chi connectivity index (χ3v) is 3.60. The zero-order valence-electron chi connectivity index (χ0n) is 12.9. The Morgan fingerprint density at radius 3 is 2.19 bits per heavy atom. The minimum Gasteiger partial charge on any atom is -0.496 e. The molecule has 0 aliphatic heterocycles. The van der Waals surface area contributed by atoms with E-state index in [1.54, 1.807) is 12.1 Å². The number of aliphatic hydroxyl groups excluding tert-OH is 1. The highest BCUT2D eigenvalue weighted by molar-refractivity contribution is 5.42. The number of rotatable bonds is 3. The number of hydrogen-bond donors (Lipinski definition) is 1. The highest BCUT2D eigenvalue weighted by atomic mass is 19.1. The zero-order valence-corrected chi connectivity index (χ0v) is 12.9. The van der Waals surface area contributed by atoms with E-state index >= 15 is 0 Å². The van der Waals surface area contributed by atoms with Gasteiger partial charge in [-0.2, -0.15) is 0 Å². The molecule has 0 amide bonds. The first-order valence-corrected chi connectivity index (χ1v) is 6.95. The maximum Gasteiger partial charge on any atom is 0.133 e. The van der Waals surface area contributed by atoms with Crippen LogP contribution in [0.1, 0.15) is 43.6 Å². The van der Waals surface area contributed by atoms with Gasteiger partial charge < -0.3 is 9.84 Å². The Morgan fingerprint density at radius 1 is 1.05 bits per heavy atom. The van der Waals surface area contributed by atoms with E-state index in [1.807, 2.05) is 24.3 Å². The van der Waals surface area contributed by atoms with Gasteiger partial charge in [0.15, 0.2) is 0 Å². The van der Waals surface area contributed by atoms with Crippen molar-refractivity contribution in [3.05, 3.63) is 65.0 Å². The second-order valence-corrected chi connectivity index (χ2v) is 6.13. The SMILES string of the molecule is COc1cccc(F)c1C(O)c1ccc(C(C)(C)C)cc1. The lowest BCUT2D eigenvalue weighted by Crippen LogP contribution is -2.11. The summed E-state index contributed by atoms with van der Waals surface area (Å²) in [6.07, 6.45) is -1.05. The zero-order chi connectivity index (χ0) is 15.6. The molecule has 2 nitrogen and oxygen atoms in total. The lowest BCUT2D eigenvalue weighted by Gasteiger charge is -2.21. The first-order valence-electron chi connectivity index (χ1n) is 6.95. The van der Waals surface area contributed by atoms with Crippen molar-refractivity contribution >= 4 is 0 Å². The van der Waals surface area contributed by atoms with Crippen LogP contribution in [0.3, 0.4) is 0 Å². The Labute approximate surface area is 125 Å². The van der Waals surface area contributed by atoms with Gasteiger partial charge in [-0.25, -0.2) is 4.39 Å². The van der Waals surface area contributed by atoms with Crippen molar-refractivity contribution in [3.8, 4) is 5.75 Å². The summed E-state index contributed by atoms with van der Waals surface area (Å²) in [4.78, 5) is 0. The summed E-state index contributed by atoms with van der Waals surface area (Å²) in [5.41, 5.74) is 2.02. The van der Waals surface area contributed by atoms with Gasteiger partial charge in [-0.3, -0.25) is 0 Å². The van der Waals surface area contributed by atoms with Crippen molar-refractivity contribution < 1.29 is 14.2 Å². The predicted molar refractivity (Wildman–Crippen MR) is 82.2 cm³/mol. The van der Waals surface area contributed by atoms with Gasteiger partial charge in [-0.15, -0.1) is 0 Å². The lowest BCUT2D eigenvalue weighted by atomic mass is 9.86. The van der Waals surface area contributed by atoms with E-state index in [9.17, 15) is 9.50 Å². The molecule has 0 aromatic heterocycles. The molecule has 2 aromatic carbocycles. The van der Waals surface area contributed by atoms with Crippen LogP contribution in [0.15, 0.2) is 42.5 Å². The summed E-state index contributed by atoms with van der Waals surface area (Å²) in [7, 11) is 1.47. The van der Waals surface area contributed by atoms with Crippen LogP contribution in [0.2, 0.25) is 0 Å². The fourth-order valence-electron chi connectivity index (χ4n) is 2.29. The van der Waals surface area contributed by atoms with Gasteiger partial charge in [0, 0.05) is 0 Å². The van der Waals surface area contributed by atoms with Gasteiger partial charge in [0.2, 0.25) is 0 Å². The number of benzene rings is 2. The number of aliphatic hydroxyl groups is 1. The van der Waals surface area contributed by atoms with Crippen LogP contribution >= 0.6 is 0 Å². The predicted octanol–water partition coefficient (Wildman–Crippen LogP) is 4.21. The van der Waals surface area contributed by atoms with Gasteiger partial charge in [-0.05, 0) is 28.7 Å². The van der Waals surface area contributed by atoms with Crippen LogP contribution in [-0.2, 0) is 5.41 Å². The van der Waals surface area contributed by atoms with E-state index in [0.717, 1.165) is 0 Å². The van der Waals surface area contributed by atoms with Gasteiger partial charge in [0.25, 0.3) is 0 Å². The van der Waals surface area contributed by atoms with E-state index in [4.69, 9.17) is 4.74 Å². The largest absolute Gasteiger partial charge is 0.496 e. The highest BCUT2D eigenvalue weighted by Gasteiger charge is 2.21. The number of hydrogen-bond acceptors (Lipinski definition) is 2. The minimum atomic E-state index is -1.05. The standard InChI is InChI=1S/C18H21FO2/c1-18(2,3)13-10-8-12(9-11-13)17(20)16-14(19)6-5-7-15(16)21-4/h5-11,17,20H,1-4H3. The highest BCUT2D eigenvalue weighted by Crippen LogP contribution is 2.33. The van der Waals surface area contributed by atoms with Crippen LogP contribution in [0.25, 0.3) is 0 Å². The van der Waals surface area contributed by atoms with Crippen molar-refractivity contribution in [3.63, 3.8) is 0 Å². The van der Waals surface area contributed by atoms with E-state index in [2.05, 4.69) is 20.8 Å². The van der Waals surface area contributed by atoms with Crippen LogP contribution in [0.5, 0.6) is 5.75 Å². The molecule has 2 rings (SSSR count). The maximum atomic E-state index is 14.0. The monoisotopic (exact) mass is 288 g/mol. The average Bonchev–Trinajstić information content (AvgIpc) is 2.45. The molecule has 21 heavy (non-hydrogen) atoms. The molecular weight excluding hydrogens is 267 g/mol. The Balaban J connectivity index is 2.39. The van der Waals surface area contributed by atoms with Gasteiger partial charge in [0.05, 0.1) is 12.7 Å². The Kier molecular flexibility index (Phi) is 4.33. The molecule has 112 valence electrons. The first-order chi connectivity index (χ1) is 9.84. The molecule has 2 aromatic rings. The third kappa shape index (κ3) is 3.24. The van der Waals surface area contributed by atoms with Gasteiger partial charge in [0.1, 0.15) is 17.7 Å². The van der Waals surface area contributed by atoms with Crippen LogP contribution in [0.4, 0.5) is 4.39 Å². The summed E-state index contributed by atoms with van der Waals surface area (Å²) < 4.78 is 19.1. The maximum absolute atomic E-state index is 14.0. The molecule has 0 saturated carbocycles. The molecule has 0 radical (unpaired) electrons. The number of halogens is 1. The summed E-state index contributed by atoms with van der Waals surface area (Å²) in [6.45, 7) is 6.37. The van der Waals surface area contributed by atoms with Crippen molar-refractivity contribution in [1.82, 2.24) is 0 Å². The van der Waals surface area contributed by atoms with E-state index in [0.29, 0.717) is 11.3 Å². The normalized spacial score (nSPS) is 13.0. The molecule has 0 spiro atoms. The van der Waals surface area contributed by atoms with E-state index < -0.39 is 11.9 Å². The molecule has 3 heteroatoms. The number of ether oxygens (including phenoxy) is 1. The molecular formula is C18H21FO2. The smallest absolute Gasteiger partial charge is 0.133 e. The topological polar surface area (TPSA) is 29.5 Å². The summed E-state index contributed by atoms with van der Waals surface area (Å²) >= 11 is 0. The third-order valence-electron chi connectivity index (χ3n) is 3.60. The molecule has 0 saturated heterocycles. The fraction of sp³-hybridized carbons (Fsp3) is 0.333. The summed E-state index contributed by atoms with van der Waals surface area (Å²) in [6, 6.07) is 12.1. The summed E-state index contributed by atoms with van der Waals surface area (Å²) in [5.74, 6) is -0.121. The Morgan fingerprint density at radius 2 is 1.67 bits per heavy atom. The second kappa shape index (κ2) is 5.86. The molecule has 1 N–H and O–H groups in total. The van der Waals surface area contributed by atoms with Gasteiger partial charge in [-0.1, -0.05) is 51.1 Å². The van der Waals surface area contributed by atoms with Crippen LogP contribution < -0.4 is 4.74 Å². The van der Waals surface area contributed by atoms with Crippen molar-refractivity contribution in [2.24, 2.45) is 0 Å². The minimum absolute atomic E-state index is 0.0408. The molecule has 0 heterocycles. The fourth-order valence-corrected chi connectivity index (χ4v) is 2.29. The van der Waals surface area contributed by atoms with Crippen LogP contribution in [0, 0.1) is 5.82 Å². The van der Waals surface area contributed by atoms with Crippen molar-refractivity contribution in [1.29, 1.82) is 0 Å². The quantitative estimate of drug-likeness (QED) is 0.916. The molecule has 0 fully saturated rings. The number of methoxy groups -OCH3 is 1. The lowest BCUT2D eigenvalue weighted by molar-refractivity contribution is 0.209. The second-order valence-electron chi connectivity index (χ2n) is 6.13. The van der Waals surface area contributed by atoms with Gasteiger partial charge >= 0.3 is 0 Å². The molecule has 1 atom stereocenters. The average molecular weight is 288 g/mol. The molecule has 0 aliphatic rings. The van der Waals surface area contributed by atoms with E-state index in [1.165, 1.54) is 18.7 Å². The Hall–Kier alpha value is -1.87. The molecule has 0 bridgehead atoms. The molecule has 0 aliphatic carbocycles. The van der Waals surface area contributed by atoms with Crippen molar-refractivity contribution in [2.45, 2.75) is 32.3 Å². The van der Waals surface area contributed by atoms with Crippen molar-refractivity contribution in [2.75, 3.05) is 7.11 Å². The van der Waals surface area contributed by atoms with Crippen LogP contribution in [-0.4, -0.2) is 12.2 Å². The summed E-state index contributed by atoms with van der Waals surface area (Å²) in [5, 5.41) is 10.5. The molecule has 1 unspecified atom stereocenters.